The number of ether oxygens (including phenoxy) is 1. The molecule has 5 nitrogen and oxygen atoms in total. The van der Waals surface area contributed by atoms with Gasteiger partial charge in [-0.15, -0.1) is 0 Å². The molecule has 1 fully saturated rings. The van der Waals surface area contributed by atoms with Gasteiger partial charge in [-0.1, -0.05) is 0 Å². The first-order valence-electron chi connectivity index (χ1n) is 6.83. The second-order valence-electron chi connectivity index (χ2n) is 5.43. The highest BCUT2D eigenvalue weighted by molar-refractivity contribution is 6.07. The van der Waals surface area contributed by atoms with E-state index in [9.17, 15) is 4.79 Å². The number of carbonyl (C=O) groups excluding carboxylic acids is 1. The number of amides is 1. The summed E-state index contributed by atoms with van der Waals surface area (Å²) in [5.74, 6) is -0.0793. The van der Waals surface area contributed by atoms with Crippen LogP contribution in [0.15, 0.2) is 24.4 Å². The van der Waals surface area contributed by atoms with Crippen molar-refractivity contribution in [3.05, 3.63) is 30.0 Å². The number of rotatable bonds is 4. The minimum absolute atomic E-state index is 0.0793. The summed E-state index contributed by atoms with van der Waals surface area (Å²) in [7, 11) is 1.71. The number of nitrogens with two attached hydrogens (primary N) is 1. The molecule has 1 aliphatic carbocycles. The monoisotopic (exact) mass is 273 g/mol. The lowest BCUT2D eigenvalue weighted by Crippen LogP contribution is -2.49. The van der Waals surface area contributed by atoms with Gasteiger partial charge in [0.1, 0.15) is 0 Å². The molecule has 0 unspecified atom stereocenters. The van der Waals surface area contributed by atoms with Gasteiger partial charge in [0.05, 0.1) is 11.2 Å². The van der Waals surface area contributed by atoms with Crippen LogP contribution in [0.2, 0.25) is 0 Å². The van der Waals surface area contributed by atoms with Crippen molar-refractivity contribution in [2.75, 3.05) is 19.4 Å². The molecule has 0 saturated heterocycles. The van der Waals surface area contributed by atoms with Gasteiger partial charge >= 0.3 is 0 Å². The van der Waals surface area contributed by atoms with Crippen molar-refractivity contribution >= 4 is 22.5 Å². The molecule has 0 aliphatic heterocycles. The average Bonchev–Trinajstić information content (AvgIpc) is 2.80. The van der Waals surface area contributed by atoms with Crippen molar-refractivity contribution in [1.82, 2.24) is 10.3 Å². The Labute approximate surface area is 117 Å². The highest BCUT2D eigenvalue weighted by Gasteiger charge is 2.37. The van der Waals surface area contributed by atoms with Crippen molar-refractivity contribution in [2.45, 2.75) is 24.9 Å². The Hall–Kier alpha value is -2.01. The smallest absolute Gasteiger partial charge is 0.253 e. The van der Waals surface area contributed by atoms with E-state index in [2.05, 4.69) is 10.3 Å². The number of aromatic nitrogens is 1. The minimum atomic E-state index is -0.161. The molecular weight excluding hydrogens is 254 g/mol. The maximum Gasteiger partial charge on any atom is 0.253 e. The Balaban J connectivity index is 1.75. The molecule has 0 bridgehead atoms. The number of hydrogen-bond donors (Lipinski definition) is 3. The normalized spacial score (nSPS) is 16.9. The largest absolute Gasteiger partial charge is 0.399 e. The van der Waals surface area contributed by atoms with Crippen LogP contribution in [0.1, 0.15) is 29.6 Å². The summed E-state index contributed by atoms with van der Waals surface area (Å²) in [6.07, 6.45) is 4.90. The molecule has 2 aromatic rings. The highest BCUT2D eigenvalue weighted by Crippen LogP contribution is 2.34. The highest BCUT2D eigenvalue weighted by atomic mass is 16.5. The van der Waals surface area contributed by atoms with Crippen LogP contribution >= 0.6 is 0 Å². The molecule has 0 spiro atoms. The molecule has 1 aromatic heterocycles. The maximum atomic E-state index is 12.3. The van der Waals surface area contributed by atoms with Crippen LogP contribution in [0.3, 0.4) is 0 Å². The Morgan fingerprint density at radius 3 is 2.95 bits per heavy atom. The van der Waals surface area contributed by atoms with E-state index in [4.69, 9.17) is 10.5 Å². The number of fused-ring (bicyclic) bond motifs is 1. The van der Waals surface area contributed by atoms with Crippen LogP contribution in [0.25, 0.3) is 10.9 Å². The quantitative estimate of drug-likeness (QED) is 0.746. The predicted molar refractivity (Wildman–Crippen MR) is 78.6 cm³/mol. The summed E-state index contributed by atoms with van der Waals surface area (Å²) >= 11 is 0. The Morgan fingerprint density at radius 1 is 1.50 bits per heavy atom. The van der Waals surface area contributed by atoms with Crippen molar-refractivity contribution in [2.24, 2.45) is 0 Å². The third-order valence-corrected chi connectivity index (χ3v) is 4.22. The fourth-order valence-electron chi connectivity index (χ4n) is 2.69. The first-order valence-corrected chi connectivity index (χ1v) is 6.83. The summed E-state index contributed by atoms with van der Waals surface area (Å²) in [6, 6.07) is 5.50. The van der Waals surface area contributed by atoms with Gasteiger partial charge in [0.15, 0.2) is 0 Å². The van der Waals surface area contributed by atoms with Crippen LogP contribution in [-0.4, -0.2) is 30.1 Å². The Bertz CT molecular complexity index is 638. The van der Waals surface area contributed by atoms with Crippen molar-refractivity contribution in [1.29, 1.82) is 0 Å². The number of H-pyrrole nitrogens is 1. The van der Waals surface area contributed by atoms with E-state index in [1.807, 2.05) is 12.1 Å². The lowest BCUT2D eigenvalue weighted by molar-refractivity contribution is -0.0679. The molecule has 4 N–H and O–H groups in total. The van der Waals surface area contributed by atoms with Crippen molar-refractivity contribution in [3.8, 4) is 0 Å². The molecule has 3 rings (SSSR count). The molecule has 0 radical (unpaired) electrons. The standard InChI is InChI=1S/C15H19N3O2/c1-20-15(5-2-6-15)9-18-14(19)12-8-17-13-7-10(16)3-4-11(12)13/h3-4,7-8,17H,2,5-6,9,16H2,1H3,(H,18,19). The van der Waals surface area contributed by atoms with Gasteiger partial charge in [-0.2, -0.15) is 0 Å². The molecule has 0 atom stereocenters. The van der Waals surface area contributed by atoms with Gasteiger partial charge in [-0.25, -0.2) is 0 Å². The van der Waals surface area contributed by atoms with E-state index in [0.717, 1.165) is 30.2 Å². The second-order valence-corrected chi connectivity index (χ2v) is 5.43. The van der Waals surface area contributed by atoms with E-state index in [0.29, 0.717) is 17.8 Å². The number of benzene rings is 1. The summed E-state index contributed by atoms with van der Waals surface area (Å²) in [5, 5.41) is 3.86. The van der Waals surface area contributed by atoms with E-state index in [1.165, 1.54) is 0 Å². The van der Waals surface area contributed by atoms with Crippen LogP contribution < -0.4 is 11.1 Å². The number of aromatic amines is 1. The predicted octanol–water partition coefficient (Wildman–Crippen LogP) is 2.05. The fourth-order valence-corrected chi connectivity index (χ4v) is 2.69. The van der Waals surface area contributed by atoms with Crippen molar-refractivity contribution in [3.63, 3.8) is 0 Å². The van der Waals surface area contributed by atoms with Gasteiger partial charge in [-0.3, -0.25) is 4.79 Å². The average molecular weight is 273 g/mol. The van der Waals surface area contributed by atoms with Crippen LogP contribution in [0, 0.1) is 0 Å². The van der Waals surface area contributed by atoms with E-state index < -0.39 is 0 Å². The van der Waals surface area contributed by atoms with Gasteiger partial charge in [0.2, 0.25) is 0 Å². The lowest BCUT2D eigenvalue weighted by atomic mass is 9.80. The summed E-state index contributed by atoms with van der Waals surface area (Å²) in [5.41, 5.74) is 7.77. The third-order valence-electron chi connectivity index (χ3n) is 4.22. The second kappa shape index (κ2) is 4.83. The Kier molecular flexibility index (Phi) is 3.14. The molecule has 20 heavy (non-hydrogen) atoms. The number of nitrogen functional groups attached to an aromatic ring is 1. The summed E-state index contributed by atoms with van der Waals surface area (Å²) < 4.78 is 5.51. The first-order chi connectivity index (χ1) is 9.63. The van der Waals surface area contributed by atoms with E-state index >= 15 is 0 Å². The van der Waals surface area contributed by atoms with Gasteiger partial charge in [-0.05, 0) is 37.5 Å². The molecule has 1 aromatic carbocycles. The molecule has 1 amide bonds. The number of hydrogen-bond acceptors (Lipinski definition) is 3. The van der Waals surface area contributed by atoms with Crippen LogP contribution in [-0.2, 0) is 4.74 Å². The van der Waals surface area contributed by atoms with E-state index in [1.54, 1.807) is 19.4 Å². The molecule has 106 valence electrons. The molecule has 5 heteroatoms. The van der Waals surface area contributed by atoms with Crippen LogP contribution in [0.4, 0.5) is 5.69 Å². The number of carbonyl (C=O) groups is 1. The SMILES string of the molecule is COC1(CNC(=O)c2c[nH]c3cc(N)ccc23)CCC1. The lowest BCUT2D eigenvalue weighted by Gasteiger charge is -2.40. The zero-order chi connectivity index (χ0) is 14.2. The zero-order valence-electron chi connectivity index (χ0n) is 11.5. The Morgan fingerprint density at radius 2 is 2.30 bits per heavy atom. The van der Waals surface area contributed by atoms with Gasteiger partial charge in [0.25, 0.3) is 5.91 Å². The van der Waals surface area contributed by atoms with Crippen molar-refractivity contribution < 1.29 is 9.53 Å². The zero-order valence-corrected chi connectivity index (χ0v) is 11.5. The number of anilines is 1. The maximum absolute atomic E-state index is 12.3. The summed E-state index contributed by atoms with van der Waals surface area (Å²) in [4.78, 5) is 15.4. The van der Waals surface area contributed by atoms with Gasteiger partial charge in [0, 0.05) is 36.4 Å². The molecule has 1 heterocycles. The van der Waals surface area contributed by atoms with Gasteiger partial charge < -0.3 is 20.8 Å². The minimum Gasteiger partial charge on any atom is -0.399 e. The number of methoxy groups -OCH3 is 1. The van der Waals surface area contributed by atoms with Crippen LogP contribution in [0.5, 0.6) is 0 Å². The van der Waals surface area contributed by atoms with E-state index in [-0.39, 0.29) is 11.5 Å². The molecular formula is C15H19N3O2. The third kappa shape index (κ3) is 2.14. The fraction of sp³-hybridized carbons (Fsp3) is 0.400. The molecule has 1 saturated carbocycles. The molecule has 1 aliphatic rings. The summed E-state index contributed by atoms with van der Waals surface area (Å²) in [6.45, 7) is 0.560. The topological polar surface area (TPSA) is 80.1 Å². The first kappa shape index (κ1) is 13.0. The number of nitrogens with one attached hydrogen (secondary N) is 2.